The van der Waals surface area contributed by atoms with Gasteiger partial charge in [0.25, 0.3) is 0 Å². The van der Waals surface area contributed by atoms with Crippen LogP contribution in [-0.2, 0) is 0 Å². The number of nitrogens with one attached hydrogen (secondary N) is 1. The van der Waals surface area contributed by atoms with Crippen molar-refractivity contribution in [3.8, 4) is 11.9 Å². The molecule has 2 N–H and O–H groups in total. The zero-order valence-electron chi connectivity index (χ0n) is 6.20. The van der Waals surface area contributed by atoms with E-state index >= 15 is 0 Å². The molecule has 0 spiro atoms. The average Bonchev–Trinajstić information content (AvgIpc) is 2.44. The van der Waals surface area contributed by atoms with Crippen molar-refractivity contribution in [2.24, 2.45) is 0 Å². The summed E-state index contributed by atoms with van der Waals surface area (Å²) in [6.45, 7) is 0. The lowest BCUT2D eigenvalue weighted by atomic mass is 10.1. The van der Waals surface area contributed by atoms with Gasteiger partial charge in [-0.2, -0.15) is 5.26 Å². The summed E-state index contributed by atoms with van der Waals surface area (Å²) in [6, 6.07) is 8.91. The number of hydrogen-bond donors (Lipinski definition) is 2. The quantitative estimate of drug-likeness (QED) is 0.613. The Hall–Kier alpha value is -1.95. The van der Waals surface area contributed by atoms with E-state index in [9.17, 15) is 0 Å². The van der Waals surface area contributed by atoms with Gasteiger partial charge in [0.15, 0.2) is 5.88 Å². The first-order valence-corrected chi connectivity index (χ1v) is 3.52. The van der Waals surface area contributed by atoms with Crippen LogP contribution < -0.4 is 0 Å². The molecule has 0 fully saturated rings. The summed E-state index contributed by atoms with van der Waals surface area (Å²) < 4.78 is 0. The fourth-order valence-electron chi connectivity index (χ4n) is 1.24. The smallest absolute Gasteiger partial charge is 0.189 e. The molecular weight excluding hydrogens is 152 g/mol. The number of aromatic hydroxyl groups is 1. The predicted octanol–water partition coefficient (Wildman–Crippen LogP) is 1.75. The van der Waals surface area contributed by atoms with Gasteiger partial charge in [-0.05, 0) is 12.1 Å². The first-order valence-electron chi connectivity index (χ1n) is 3.52. The summed E-state index contributed by atoms with van der Waals surface area (Å²) in [4.78, 5) is 2.74. The maximum atomic E-state index is 9.11. The van der Waals surface area contributed by atoms with Gasteiger partial charge in [-0.25, -0.2) is 0 Å². The Morgan fingerprint density at radius 1 is 1.42 bits per heavy atom. The molecule has 58 valence electrons. The van der Waals surface area contributed by atoms with Gasteiger partial charge >= 0.3 is 0 Å². The van der Waals surface area contributed by atoms with Crippen molar-refractivity contribution >= 4 is 10.9 Å². The van der Waals surface area contributed by atoms with Crippen molar-refractivity contribution < 1.29 is 5.11 Å². The zero-order valence-corrected chi connectivity index (χ0v) is 6.20. The normalized spacial score (nSPS) is 9.92. The molecule has 2 rings (SSSR count). The fraction of sp³-hybridized carbons (Fsp3) is 0. The minimum atomic E-state index is 0.0905. The molecule has 0 bridgehead atoms. The van der Waals surface area contributed by atoms with E-state index in [-0.39, 0.29) is 5.88 Å². The number of hydrogen-bond acceptors (Lipinski definition) is 2. The van der Waals surface area contributed by atoms with Crippen LogP contribution in [-0.4, -0.2) is 10.1 Å². The maximum absolute atomic E-state index is 9.11. The predicted molar refractivity (Wildman–Crippen MR) is 44.7 cm³/mol. The third-order valence-electron chi connectivity index (χ3n) is 1.77. The van der Waals surface area contributed by atoms with E-state index in [1.54, 1.807) is 18.2 Å². The van der Waals surface area contributed by atoms with Crippen LogP contribution in [0.4, 0.5) is 0 Å². The molecule has 3 heteroatoms. The Labute approximate surface area is 68.9 Å². The van der Waals surface area contributed by atoms with Crippen LogP contribution >= 0.6 is 0 Å². The number of nitrogens with zero attached hydrogens (tertiary/aromatic N) is 1. The van der Waals surface area contributed by atoms with E-state index < -0.39 is 0 Å². The molecule has 2 aromatic rings. The van der Waals surface area contributed by atoms with Crippen molar-refractivity contribution in [3.63, 3.8) is 0 Å². The lowest BCUT2D eigenvalue weighted by Gasteiger charge is -1.89. The lowest BCUT2D eigenvalue weighted by molar-refractivity contribution is 0.458. The number of nitriles is 1. The number of H-pyrrole nitrogens is 1. The Kier molecular flexibility index (Phi) is 1.28. The molecule has 0 aliphatic heterocycles. The van der Waals surface area contributed by atoms with Crippen molar-refractivity contribution in [3.05, 3.63) is 29.8 Å². The first kappa shape index (κ1) is 6.74. The van der Waals surface area contributed by atoms with E-state index in [1.165, 1.54) is 0 Å². The van der Waals surface area contributed by atoms with Crippen molar-refractivity contribution in [2.45, 2.75) is 0 Å². The number of benzene rings is 1. The minimum Gasteiger partial charge on any atom is -0.495 e. The molecule has 1 aromatic heterocycles. The molecule has 0 unspecified atom stereocenters. The summed E-state index contributed by atoms with van der Waals surface area (Å²) in [5.41, 5.74) is 1.36. The van der Waals surface area contributed by atoms with Crippen LogP contribution in [0.1, 0.15) is 5.56 Å². The number of fused-ring (bicyclic) bond motifs is 1. The average molecular weight is 158 g/mol. The van der Waals surface area contributed by atoms with Gasteiger partial charge in [-0.15, -0.1) is 0 Å². The summed E-state index contributed by atoms with van der Waals surface area (Å²) >= 11 is 0. The Morgan fingerprint density at radius 3 is 3.00 bits per heavy atom. The van der Waals surface area contributed by atoms with Gasteiger partial charge in [0.2, 0.25) is 0 Å². The van der Waals surface area contributed by atoms with Crippen LogP contribution in [0.2, 0.25) is 0 Å². The van der Waals surface area contributed by atoms with Gasteiger partial charge < -0.3 is 10.1 Å². The highest BCUT2D eigenvalue weighted by Gasteiger charge is 2.02. The standard InChI is InChI=1S/C9H6N2O/c10-5-6-2-1-3-8-7(6)4-9(12)11-8/h1-4,11-12H. The summed E-state index contributed by atoms with van der Waals surface area (Å²) in [7, 11) is 0. The fourth-order valence-corrected chi connectivity index (χ4v) is 1.24. The molecule has 12 heavy (non-hydrogen) atoms. The van der Waals surface area contributed by atoms with E-state index in [2.05, 4.69) is 11.1 Å². The largest absolute Gasteiger partial charge is 0.495 e. The second kappa shape index (κ2) is 2.28. The molecular formula is C9H6N2O. The molecule has 0 amide bonds. The van der Waals surface area contributed by atoms with Gasteiger partial charge in [-0.3, -0.25) is 0 Å². The SMILES string of the molecule is N#Cc1cccc2[nH]c(O)cc12. The van der Waals surface area contributed by atoms with Crippen molar-refractivity contribution in [1.29, 1.82) is 5.26 Å². The van der Waals surface area contributed by atoms with Crippen LogP contribution in [0.3, 0.4) is 0 Å². The van der Waals surface area contributed by atoms with E-state index in [4.69, 9.17) is 10.4 Å². The van der Waals surface area contributed by atoms with Crippen LogP contribution in [0.5, 0.6) is 5.88 Å². The zero-order chi connectivity index (χ0) is 8.55. The number of aromatic amines is 1. The summed E-state index contributed by atoms with van der Waals surface area (Å²) in [5, 5.41) is 18.6. The van der Waals surface area contributed by atoms with Crippen LogP contribution in [0.15, 0.2) is 24.3 Å². The molecule has 1 heterocycles. The third kappa shape index (κ3) is 0.823. The van der Waals surface area contributed by atoms with Crippen molar-refractivity contribution in [1.82, 2.24) is 4.98 Å². The Bertz CT molecular complexity index is 465. The highest BCUT2D eigenvalue weighted by atomic mass is 16.3. The summed E-state index contributed by atoms with van der Waals surface area (Å²) in [5.74, 6) is 0.0905. The van der Waals surface area contributed by atoms with Gasteiger partial charge in [0, 0.05) is 17.0 Å². The Balaban J connectivity index is 2.89. The van der Waals surface area contributed by atoms with Crippen molar-refractivity contribution in [2.75, 3.05) is 0 Å². The third-order valence-corrected chi connectivity index (χ3v) is 1.77. The maximum Gasteiger partial charge on any atom is 0.189 e. The molecule has 1 aromatic carbocycles. The minimum absolute atomic E-state index is 0.0905. The van der Waals surface area contributed by atoms with E-state index in [0.29, 0.717) is 5.56 Å². The molecule has 0 saturated heterocycles. The van der Waals surface area contributed by atoms with Crippen LogP contribution in [0, 0.1) is 11.3 Å². The summed E-state index contributed by atoms with van der Waals surface area (Å²) in [6.07, 6.45) is 0. The molecule has 0 aliphatic rings. The Morgan fingerprint density at radius 2 is 2.25 bits per heavy atom. The molecule has 0 radical (unpaired) electrons. The monoisotopic (exact) mass is 158 g/mol. The van der Waals surface area contributed by atoms with E-state index in [1.807, 2.05) is 6.07 Å². The number of aromatic nitrogens is 1. The van der Waals surface area contributed by atoms with Gasteiger partial charge in [0.1, 0.15) is 0 Å². The van der Waals surface area contributed by atoms with E-state index in [0.717, 1.165) is 10.9 Å². The topological polar surface area (TPSA) is 59.8 Å². The van der Waals surface area contributed by atoms with Gasteiger partial charge in [0.05, 0.1) is 11.6 Å². The highest BCUT2D eigenvalue weighted by molar-refractivity contribution is 5.86. The second-order valence-electron chi connectivity index (χ2n) is 2.53. The van der Waals surface area contributed by atoms with Gasteiger partial charge in [-0.1, -0.05) is 6.07 Å². The number of rotatable bonds is 0. The molecule has 0 saturated carbocycles. The van der Waals surface area contributed by atoms with Crippen LogP contribution in [0.25, 0.3) is 10.9 Å². The molecule has 3 nitrogen and oxygen atoms in total. The second-order valence-corrected chi connectivity index (χ2v) is 2.53. The highest BCUT2D eigenvalue weighted by Crippen LogP contribution is 2.21. The molecule has 0 aliphatic carbocycles. The first-order chi connectivity index (χ1) is 5.81. The molecule has 0 atom stereocenters. The lowest BCUT2D eigenvalue weighted by Crippen LogP contribution is -1.73.